The third-order valence-electron chi connectivity index (χ3n) is 2.30. The SMILES string of the molecule is NC(=O)[C@H]1CC[C@H](O)[C@@H](O)[C@@H]1O. The maximum Gasteiger partial charge on any atom is 0.223 e. The number of hydrogen-bond donors (Lipinski definition) is 4. The van der Waals surface area contributed by atoms with E-state index in [4.69, 9.17) is 15.9 Å². The highest BCUT2D eigenvalue weighted by Crippen LogP contribution is 2.24. The van der Waals surface area contributed by atoms with Crippen LogP contribution >= 0.6 is 0 Å². The Morgan fingerprint density at radius 1 is 1.17 bits per heavy atom. The van der Waals surface area contributed by atoms with Crippen LogP contribution in [0.1, 0.15) is 12.8 Å². The number of primary amides is 1. The van der Waals surface area contributed by atoms with Gasteiger partial charge in [0.15, 0.2) is 0 Å². The molecule has 5 nitrogen and oxygen atoms in total. The molecule has 12 heavy (non-hydrogen) atoms. The average molecular weight is 175 g/mol. The van der Waals surface area contributed by atoms with Crippen LogP contribution in [0.5, 0.6) is 0 Å². The van der Waals surface area contributed by atoms with Gasteiger partial charge < -0.3 is 21.1 Å². The molecule has 1 amide bonds. The minimum atomic E-state index is -1.25. The number of nitrogens with two attached hydrogens (primary N) is 1. The van der Waals surface area contributed by atoms with Crippen LogP contribution in [0.15, 0.2) is 0 Å². The van der Waals surface area contributed by atoms with Crippen LogP contribution in [0, 0.1) is 5.92 Å². The number of hydrogen-bond acceptors (Lipinski definition) is 4. The lowest BCUT2D eigenvalue weighted by molar-refractivity contribution is -0.142. The first kappa shape index (κ1) is 9.44. The zero-order valence-electron chi connectivity index (χ0n) is 6.55. The number of amides is 1. The Bertz CT molecular complexity index is 184. The predicted octanol–water partition coefficient (Wildman–Crippen LogP) is -2.04. The molecule has 0 unspecified atom stereocenters. The van der Waals surface area contributed by atoms with Crippen molar-refractivity contribution >= 4 is 5.91 Å². The molecule has 1 fully saturated rings. The maximum atomic E-state index is 10.7. The molecule has 5 N–H and O–H groups in total. The van der Waals surface area contributed by atoms with Gasteiger partial charge in [-0.2, -0.15) is 0 Å². The molecule has 0 aromatic rings. The Kier molecular flexibility index (Phi) is 2.66. The van der Waals surface area contributed by atoms with Crippen molar-refractivity contribution in [2.45, 2.75) is 31.2 Å². The predicted molar refractivity (Wildman–Crippen MR) is 39.9 cm³/mol. The molecule has 5 heteroatoms. The molecule has 0 aromatic carbocycles. The minimum absolute atomic E-state index is 0.297. The van der Waals surface area contributed by atoms with E-state index >= 15 is 0 Å². The summed E-state index contributed by atoms with van der Waals surface area (Å²) in [6.07, 6.45) is -2.81. The van der Waals surface area contributed by atoms with E-state index in [9.17, 15) is 9.90 Å². The van der Waals surface area contributed by atoms with Crippen LogP contribution in [0.2, 0.25) is 0 Å². The van der Waals surface area contributed by atoms with E-state index < -0.39 is 30.1 Å². The van der Waals surface area contributed by atoms with Crippen LogP contribution in [0.25, 0.3) is 0 Å². The van der Waals surface area contributed by atoms with Gasteiger partial charge in [-0.25, -0.2) is 0 Å². The molecule has 1 saturated carbocycles. The maximum absolute atomic E-state index is 10.7. The fourth-order valence-corrected chi connectivity index (χ4v) is 1.47. The zero-order chi connectivity index (χ0) is 9.30. The molecule has 1 aliphatic rings. The van der Waals surface area contributed by atoms with Gasteiger partial charge in [0, 0.05) is 0 Å². The van der Waals surface area contributed by atoms with E-state index in [1.807, 2.05) is 0 Å². The van der Waals surface area contributed by atoms with E-state index in [0.29, 0.717) is 12.8 Å². The molecule has 0 heterocycles. The first-order valence-electron chi connectivity index (χ1n) is 3.87. The molecule has 4 atom stereocenters. The lowest BCUT2D eigenvalue weighted by Gasteiger charge is -2.33. The van der Waals surface area contributed by atoms with Crippen LogP contribution in [-0.4, -0.2) is 39.5 Å². The first-order valence-corrected chi connectivity index (χ1v) is 3.87. The largest absolute Gasteiger partial charge is 0.390 e. The third-order valence-corrected chi connectivity index (χ3v) is 2.30. The lowest BCUT2D eigenvalue weighted by Crippen LogP contribution is -2.50. The molecule has 1 aliphatic carbocycles. The van der Waals surface area contributed by atoms with E-state index in [2.05, 4.69) is 0 Å². The normalized spacial score (nSPS) is 42.6. The van der Waals surface area contributed by atoms with Crippen molar-refractivity contribution in [3.05, 3.63) is 0 Å². The van der Waals surface area contributed by atoms with E-state index in [-0.39, 0.29) is 0 Å². The van der Waals surface area contributed by atoms with Crippen LogP contribution in [0.3, 0.4) is 0 Å². The van der Waals surface area contributed by atoms with E-state index in [0.717, 1.165) is 0 Å². The van der Waals surface area contributed by atoms with Gasteiger partial charge in [-0.1, -0.05) is 0 Å². The molecule has 1 rings (SSSR count). The summed E-state index contributed by atoms with van der Waals surface area (Å²) in [7, 11) is 0. The van der Waals surface area contributed by atoms with Crippen LogP contribution in [-0.2, 0) is 4.79 Å². The first-order chi connectivity index (χ1) is 5.54. The minimum Gasteiger partial charge on any atom is -0.390 e. The summed E-state index contributed by atoms with van der Waals surface area (Å²) in [5.41, 5.74) is 4.97. The highest BCUT2D eigenvalue weighted by atomic mass is 16.4. The summed E-state index contributed by atoms with van der Waals surface area (Å²) >= 11 is 0. The van der Waals surface area contributed by atoms with Crippen molar-refractivity contribution in [3.8, 4) is 0 Å². The number of carbonyl (C=O) groups excluding carboxylic acids is 1. The molecule has 0 saturated heterocycles. The standard InChI is InChI=1S/C7H13NO4/c8-7(12)3-1-2-4(9)6(11)5(3)10/h3-6,9-11H,1-2H2,(H2,8,12)/t3-,4-,5+,6+/m0/s1. The Hall–Kier alpha value is -0.650. The van der Waals surface area contributed by atoms with Gasteiger partial charge in [0.05, 0.1) is 18.1 Å². The summed E-state index contributed by atoms with van der Waals surface area (Å²) in [6.45, 7) is 0. The molecule has 0 aliphatic heterocycles. The van der Waals surface area contributed by atoms with Gasteiger partial charge in [-0.05, 0) is 12.8 Å². The Balaban J connectivity index is 2.65. The van der Waals surface area contributed by atoms with Crippen molar-refractivity contribution in [2.24, 2.45) is 11.7 Å². The second kappa shape index (κ2) is 3.38. The topological polar surface area (TPSA) is 104 Å². The fraction of sp³-hybridized carbons (Fsp3) is 0.857. The summed E-state index contributed by atoms with van der Waals surface area (Å²) in [5.74, 6) is -1.36. The van der Waals surface area contributed by atoms with Crippen LogP contribution < -0.4 is 5.73 Å². The van der Waals surface area contributed by atoms with Crippen molar-refractivity contribution in [1.82, 2.24) is 0 Å². The summed E-state index contributed by atoms with van der Waals surface area (Å²) in [4.78, 5) is 10.7. The molecule has 0 bridgehead atoms. The zero-order valence-corrected chi connectivity index (χ0v) is 6.55. The Morgan fingerprint density at radius 2 is 1.75 bits per heavy atom. The quantitative estimate of drug-likeness (QED) is 0.368. The van der Waals surface area contributed by atoms with Gasteiger partial charge in [0.1, 0.15) is 6.10 Å². The van der Waals surface area contributed by atoms with Gasteiger partial charge >= 0.3 is 0 Å². The smallest absolute Gasteiger partial charge is 0.223 e. The molecule has 0 spiro atoms. The third kappa shape index (κ3) is 1.57. The van der Waals surface area contributed by atoms with Crippen molar-refractivity contribution in [3.63, 3.8) is 0 Å². The second-order valence-electron chi connectivity index (χ2n) is 3.13. The van der Waals surface area contributed by atoms with Crippen molar-refractivity contribution in [1.29, 1.82) is 0 Å². The number of carbonyl (C=O) groups is 1. The average Bonchev–Trinajstić information content (AvgIpc) is 2.00. The lowest BCUT2D eigenvalue weighted by atomic mass is 9.82. The van der Waals surface area contributed by atoms with Gasteiger partial charge in [-0.3, -0.25) is 4.79 Å². The highest BCUT2D eigenvalue weighted by Gasteiger charge is 2.39. The summed E-state index contributed by atoms with van der Waals surface area (Å²) < 4.78 is 0. The van der Waals surface area contributed by atoms with Crippen molar-refractivity contribution < 1.29 is 20.1 Å². The number of aliphatic hydroxyl groups is 3. The molecule has 70 valence electrons. The molecular formula is C7H13NO4. The van der Waals surface area contributed by atoms with Crippen molar-refractivity contribution in [2.75, 3.05) is 0 Å². The Morgan fingerprint density at radius 3 is 2.25 bits per heavy atom. The monoisotopic (exact) mass is 175 g/mol. The van der Waals surface area contributed by atoms with E-state index in [1.165, 1.54) is 0 Å². The van der Waals surface area contributed by atoms with Crippen LogP contribution in [0.4, 0.5) is 0 Å². The molecule has 0 radical (unpaired) electrons. The Labute approximate surface area is 69.8 Å². The fourth-order valence-electron chi connectivity index (χ4n) is 1.47. The van der Waals surface area contributed by atoms with Gasteiger partial charge in [-0.15, -0.1) is 0 Å². The van der Waals surface area contributed by atoms with Gasteiger partial charge in [0.2, 0.25) is 5.91 Å². The highest BCUT2D eigenvalue weighted by molar-refractivity contribution is 5.77. The number of aliphatic hydroxyl groups excluding tert-OH is 3. The molecule has 0 aromatic heterocycles. The van der Waals surface area contributed by atoms with E-state index in [1.54, 1.807) is 0 Å². The summed E-state index contributed by atoms with van der Waals surface area (Å²) in [5, 5.41) is 27.5. The number of rotatable bonds is 1. The van der Waals surface area contributed by atoms with Gasteiger partial charge in [0.25, 0.3) is 0 Å². The summed E-state index contributed by atoms with van der Waals surface area (Å²) in [6, 6.07) is 0. The molecular weight excluding hydrogens is 162 g/mol. The second-order valence-corrected chi connectivity index (χ2v) is 3.13.